The van der Waals surface area contributed by atoms with Crippen molar-refractivity contribution >= 4 is 17.6 Å². The topological polar surface area (TPSA) is 145 Å². The van der Waals surface area contributed by atoms with Crippen molar-refractivity contribution in [2.45, 2.75) is 78.7 Å². The minimum absolute atomic E-state index is 0.0455. The van der Waals surface area contributed by atoms with Crippen LogP contribution in [0.1, 0.15) is 78.2 Å². The highest BCUT2D eigenvalue weighted by Gasteiger charge is 2.37. The van der Waals surface area contributed by atoms with E-state index in [4.69, 9.17) is 10.5 Å². The largest absolute Gasteiger partial charge is 0.478 e. The fraction of sp³-hybridized carbons (Fsp3) is 0.538. The SMILES string of the molecule is CC1=C(C(=O)O)C(c2cccc([N+](=O)[O-])c2)C(C(=O)OCCCCCC(N)CC(C)(C)C)=C(C)N1. The van der Waals surface area contributed by atoms with Crippen molar-refractivity contribution in [1.29, 1.82) is 0 Å². The molecule has 2 unspecified atom stereocenters. The fourth-order valence-electron chi connectivity index (χ4n) is 4.52. The highest BCUT2D eigenvalue weighted by molar-refractivity contribution is 5.99. The molecule has 1 aliphatic rings. The average Bonchev–Trinajstić information content (AvgIpc) is 2.73. The number of nitrogens with two attached hydrogens (primary N) is 1. The number of hydrogen-bond donors (Lipinski definition) is 3. The van der Waals surface area contributed by atoms with E-state index in [1.54, 1.807) is 19.9 Å². The molecule has 0 fully saturated rings. The Kier molecular flexibility index (Phi) is 9.59. The highest BCUT2D eigenvalue weighted by atomic mass is 16.6. The molecule has 4 N–H and O–H groups in total. The molecule has 1 aliphatic heterocycles. The van der Waals surface area contributed by atoms with Crippen LogP contribution in [0.5, 0.6) is 0 Å². The number of non-ortho nitro benzene ring substituents is 1. The zero-order chi connectivity index (χ0) is 26.3. The predicted molar refractivity (Wildman–Crippen MR) is 133 cm³/mol. The minimum atomic E-state index is -1.21. The Bertz CT molecular complexity index is 1020. The molecule has 1 aromatic rings. The zero-order valence-corrected chi connectivity index (χ0v) is 21.2. The number of carbonyl (C=O) groups is 2. The van der Waals surface area contributed by atoms with Gasteiger partial charge in [0, 0.05) is 29.6 Å². The number of benzene rings is 1. The van der Waals surface area contributed by atoms with E-state index in [0.29, 0.717) is 23.4 Å². The zero-order valence-electron chi connectivity index (χ0n) is 21.2. The van der Waals surface area contributed by atoms with Crippen molar-refractivity contribution in [2.24, 2.45) is 11.1 Å². The molecule has 0 aromatic heterocycles. The van der Waals surface area contributed by atoms with Gasteiger partial charge in [-0.3, -0.25) is 10.1 Å². The summed E-state index contributed by atoms with van der Waals surface area (Å²) in [4.78, 5) is 35.9. The third kappa shape index (κ3) is 7.92. The van der Waals surface area contributed by atoms with Gasteiger partial charge in [0.15, 0.2) is 0 Å². The van der Waals surface area contributed by atoms with Gasteiger partial charge in [0.1, 0.15) is 0 Å². The lowest BCUT2D eigenvalue weighted by Crippen LogP contribution is -2.32. The molecule has 1 aromatic carbocycles. The number of dihydropyridines is 1. The number of rotatable bonds is 11. The van der Waals surface area contributed by atoms with Crippen LogP contribution in [0, 0.1) is 15.5 Å². The number of aliphatic carboxylic acids is 1. The third-order valence-electron chi connectivity index (χ3n) is 5.95. The van der Waals surface area contributed by atoms with E-state index >= 15 is 0 Å². The maximum Gasteiger partial charge on any atom is 0.336 e. The van der Waals surface area contributed by atoms with Crippen LogP contribution in [0.2, 0.25) is 0 Å². The first-order chi connectivity index (χ1) is 16.3. The summed E-state index contributed by atoms with van der Waals surface area (Å²) in [5, 5.41) is 24.1. The van der Waals surface area contributed by atoms with Gasteiger partial charge in [-0.05, 0) is 44.1 Å². The number of carboxylic acids is 1. The maximum absolute atomic E-state index is 13.1. The van der Waals surface area contributed by atoms with E-state index in [1.807, 2.05) is 0 Å². The van der Waals surface area contributed by atoms with Gasteiger partial charge in [0.25, 0.3) is 5.69 Å². The molecule has 1 heterocycles. The predicted octanol–water partition coefficient (Wildman–Crippen LogP) is 4.78. The molecule has 9 nitrogen and oxygen atoms in total. The number of carbonyl (C=O) groups excluding carboxylic acids is 1. The molecule has 0 saturated heterocycles. The fourth-order valence-corrected chi connectivity index (χ4v) is 4.52. The quantitative estimate of drug-likeness (QED) is 0.175. The van der Waals surface area contributed by atoms with Gasteiger partial charge < -0.3 is 20.9 Å². The van der Waals surface area contributed by atoms with Gasteiger partial charge in [-0.2, -0.15) is 0 Å². The summed E-state index contributed by atoms with van der Waals surface area (Å²) in [5.41, 5.74) is 7.46. The number of nitro groups is 1. The van der Waals surface area contributed by atoms with Crippen molar-refractivity contribution < 1.29 is 24.4 Å². The first-order valence-corrected chi connectivity index (χ1v) is 11.9. The van der Waals surface area contributed by atoms with Crippen molar-refractivity contribution in [2.75, 3.05) is 6.61 Å². The first-order valence-electron chi connectivity index (χ1n) is 11.9. The van der Waals surface area contributed by atoms with E-state index in [9.17, 15) is 24.8 Å². The summed E-state index contributed by atoms with van der Waals surface area (Å²) >= 11 is 0. The molecular weight excluding hydrogens is 450 g/mol. The number of ether oxygens (including phenoxy) is 1. The number of unbranched alkanes of at least 4 members (excludes halogenated alkanes) is 2. The highest BCUT2D eigenvalue weighted by Crippen LogP contribution is 2.39. The Balaban J connectivity index is 2.11. The average molecular weight is 488 g/mol. The van der Waals surface area contributed by atoms with Crippen LogP contribution in [0.25, 0.3) is 0 Å². The van der Waals surface area contributed by atoms with Crippen LogP contribution in [0.4, 0.5) is 5.69 Å². The maximum atomic E-state index is 13.1. The minimum Gasteiger partial charge on any atom is -0.478 e. The van der Waals surface area contributed by atoms with Crippen LogP contribution in [0.3, 0.4) is 0 Å². The van der Waals surface area contributed by atoms with Crippen molar-refractivity contribution in [3.05, 3.63) is 62.5 Å². The molecule has 0 radical (unpaired) electrons. The summed E-state index contributed by atoms with van der Waals surface area (Å²) < 4.78 is 5.51. The molecule has 35 heavy (non-hydrogen) atoms. The Labute approximate surface area is 206 Å². The summed E-state index contributed by atoms with van der Waals surface area (Å²) in [6.45, 7) is 9.95. The number of nitro benzene ring substituents is 1. The molecule has 0 spiro atoms. The standard InChI is InChI=1S/C26H37N3O6/c1-16-21(24(30)31)23(18-10-9-12-20(14-18)29(33)34)22(17(2)28-16)25(32)35-13-8-6-7-11-19(27)15-26(3,4)5/h9-10,12,14,19,23,28H,6-8,11,13,15,27H2,1-5H3,(H,30,31). The number of allylic oxidation sites excluding steroid dienone is 2. The lowest BCUT2D eigenvalue weighted by Gasteiger charge is -2.29. The molecule has 0 bridgehead atoms. The summed E-state index contributed by atoms with van der Waals surface area (Å²) in [6, 6.07) is 5.82. The Hall–Kier alpha value is -3.20. The molecule has 192 valence electrons. The summed E-state index contributed by atoms with van der Waals surface area (Å²) in [7, 11) is 0. The second-order valence-corrected chi connectivity index (χ2v) is 10.3. The molecular formula is C26H37N3O6. The molecule has 0 amide bonds. The van der Waals surface area contributed by atoms with Gasteiger partial charge in [-0.1, -0.05) is 45.7 Å². The van der Waals surface area contributed by atoms with Crippen LogP contribution < -0.4 is 11.1 Å². The molecule has 2 atom stereocenters. The van der Waals surface area contributed by atoms with Crippen LogP contribution >= 0.6 is 0 Å². The Morgan fingerprint density at radius 1 is 1.17 bits per heavy atom. The van der Waals surface area contributed by atoms with E-state index in [2.05, 4.69) is 26.1 Å². The summed E-state index contributed by atoms with van der Waals surface area (Å²) in [6.07, 6.45) is 4.30. The number of esters is 1. The van der Waals surface area contributed by atoms with E-state index in [0.717, 1.165) is 25.7 Å². The lowest BCUT2D eigenvalue weighted by atomic mass is 9.80. The second-order valence-electron chi connectivity index (χ2n) is 10.3. The van der Waals surface area contributed by atoms with Crippen molar-refractivity contribution in [3.8, 4) is 0 Å². The Morgan fingerprint density at radius 2 is 1.83 bits per heavy atom. The smallest absolute Gasteiger partial charge is 0.336 e. The molecule has 0 aliphatic carbocycles. The van der Waals surface area contributed by atoms with Crippen molar-refractivity contribution in [1.82, 2.24) is 5.32 Å². The first kappa shape index (κ1) is 28.0. The molecule has 9 heteroatoms. The Morgan fingerprint density at radius 3 is 2.43 bits per heavy atom. The number of carboxylic acid groups (broad SMARTS) is 1. The number of nitrogens with one attached hydrogen (secondary N) is 1. The third-order valence-corrected chi connectivity index (χ3v) is 5.95. The van der Waals surface area contributed by atoms with Crippen LogP contribution in [-0.4, -0.2) is 34.6 Å². The van der Waals surface area contributed by atoms with E-state index < -0.39 is 22.8 Å². The van der Waals surface area contributed by atoms with Crippen molar-refractivity contribution in [3.63, 3.8) is 0 Å². The lowest BCUT2D eigenvalue weighted by molar-refractivity contribution is -0.384. The molecule has 2 rings (SSSR count). The van der Waals surface area contributed by atoms with Gasteiger partial charge in [-0.25, -0.2) is 9.59 Å². The normalized spacial score (nSPS) is 17.1. The van der Waals surface area contributed by atoms with Gasteiger partial charge >= 0.3 is 11.9 Å². The van der Waals surface area contributed by atoms with Gasteiger partial charge in [0.05, 0.1) is 28.6 Å². The van der Waals surface area contributed by atoms with Gasteiger partial charge in [-0.15, -0.1) is 0 Å². The van der Waals surface area contributed by atoms with Crippen LogP contribution in [-0.2, 0) is 14.3 Å². The van der Waals surface area contributed by atoms with E-state index in [1.165, 1.54) is 18.2 Å². The van der Waals surface area contributed by atoms with Gasteiger partial charge in [0.2, 0.25) is 0 Å². The monoisotopic (exact) mass is 487 g/mol. The molecule has 0 saturated carbocycles. The number of hydrogen-bond acceptors (Lipinski definition) is 7. The number of nitrogens with zero attached hydrogens (tertiary/aromatic N) is 1. The summed E-state index contributed by atoms with van der Waals surface area (Å²) in [5.74, 6) is -2.84. The second kappa shape index (κ2) is 12.0. The van der Waals surface area contributed by atoms with E-state index in [-0.39, 0.29) is 34.9 Å². The van der Waals surface area contributed by atoms with Crippen LogP contribution in [0.15, 0.2) is 46.8 Å².